The number of fused-ring (bicyclic) bond motifs is 7. The Bertz CT molecular complexity index is 2230. The van der Waals surface area contributed by atoms with Crippen LogP contribution in [0.15, 0.2) is 152 Å². The minimum atomic E-state index is 0.855. The van der Waals surface area contributed by atoms with Gasteiger partial charge in [0.25, 0.3) is 0 Å². The number of para-hydroxylation sites is 6. The molecule has 0 saturated heterocycles. The number of nitrogens with zero attached hydrogens (tertiary/aromatic N) is 3. The maximum absolute atomic E-state index is 6.24. The van der Waals surface area contributed by atoms with E-state index in [1.807, 2.05) is 24.3 Å². The van der Waals surface area contributed by atoms with Crippen LogP contribution in [-0.4, -0.2) is 9.13 Å². The molecule has 9 rings (SSSR count). The summed E-state index contributed by atoms with van der Waals surface area (Å²) in [6.45, 7) is 0. The van der Waals surface area contributed by atoms with Crippen LogP contribution in [0.25, 0.3) is 44.1 Å². The van der Waals surface area contributed by atoms with E-state index in [0.29, 0.717) is 0 Å². The Kier molecular flexibility index (Phi) is 4.87. The molecule has 4 nitrogen and oxygen atoms in total. The minimum Gasteiger partial charge on any atom is -0.453 e. The van der Waals surface area contributed by atoms with Crippen molar-refractivity contribution in [3.05, 3.63) is 152 Å². The zero-order valence-electron chi connectivity index (χ0n) is 22.7. The van der Waals surface area contributed by atoms with Crippen LogP contribution in [0.2, 0.25) is 0 Å². The Morgan fingerprint density at radius 1 is 0.405 bits per heavy atom. The first kappa shape index (κ1) is 23.0. The Balaban J connectivity index is 1.25. The Labute approximate surface area is 242 Å². The first-order valence-corrected chi connectivity index (χ1v) is 14.2. The quantitative estimate of drug-likeness (QED) is 0.223. The minimum absolute atomic E-state index is 0.855. The third-order valence-corrected chi connectivity index (χ3v) is 8.34. The lowest BCUT2D eigenvalue weighted by Gasteiger charge is -2.32. The van der Waals surface area contributed by atoms with Crippen molar-refractivity contribution in [3.8, 4) is 22.9 Å². The monoisotopic (exact) mass is 539 g/mol. The van der Waals surface area contributed by atoms with Gasteiger partial charge in [-0.05, 0) is 78.9 Å². The Morgan fingerprint density at radius 3 is 1.81 bits per heavy atom. The molecule has 0 saturated carbocycles. The molecule has 0 radical (unpaired) electrons. The third kappa shape index (κ3) is 3.29. The summed E-state index contributed by atoms with van der Waals surface area (Å²) in [6.07, 6.45) is 2.18. The van der Waals surface area contributed by atoms with Gasteiger partial charge in [0, 0.05) is 39.4 Å². The number of hydrogen-bond donors (Lipinski definition) is 0. The molecule has 0 bridgehead atoms. The molecule has 3 heterocycles. The summed E-state index contributed by atoms with van der Waals surface area (Å²) in [5.74, 6) is 1.71. The lowest BCUT2D eigenvalue weighted by Crippen LogP contribution is -2.15. The molecule has 0 fully saturated rings. The lowest BCUT2D eigenvalue weighted by molar-refractivity contribution is 0.477. The molecule has 0 spiro atoms. The van der Waals surface area contributed by atoms with Gasteiger partial charge in [-0.3, -0.25) is 0 Å². The molecule has 6 aromatic carbocycles. The highest BCUT2D eigenvalue weighted by Gasteiger charge is 2.25. The number of ether oxygens (including phenoxy) is 1. The average molecular weight is 540 g/mol. The molecule has 2 aromatic heterocycles. The zero-order chi connectivity index (χ0) is 27.6. The standard InChI is InChI=1S/C38H25N3O/c1-2-10-26(11-3-1)39-25-24-31-32(39)23-22-30-29-12-4-5-13-33(29)41(38(30)31)28-20-18-27(19-21-28)40-34-14-6-8-16-36(34)42-37-17-9-7-15-35(37)40/h1-25H. The molecule has 42 heavy (non-hydrogen) atoms. The fraction of sp³-hybridized carbons (Fsp3) is 0. The molecule has 198 valence electrons. The van der Waals surface area contributed by atoms with E-state index in [1.54, 1.807) is 0 Å². The van der Waals surface area contributed by atoms with Gasteiger partial charge in [-0.25, -0.2) is 0 Å². The molecule has 0 N–H and O–H groups in total. The van der Waals surface area contributed by atoms with Crippen molar-refractivity contribution in [2.45, 2.75) is 0 Å². The number of hydrogen-bond acceptors (Lipinski definition) is 2. The summed E-state index contributed by atoms with van der Waals surface area (Å²) >= 11 is 0. The van der Waals surface area contributed by atoms with Crippen molar-refractivity contribution < 1.29 is 4.74 Å². The van der Waals surface area contributed by atoms with Crippen LogP contribution in [0.5, 0.6) is 11.5 Å². The van der Waals surface area contributed by atoms with Crippen LogP contribution in [0.1, 0.15) is 0 Å². The van der Waals surface area contributed by atoms with Crippen molar-refractivity contribution in [2.75, 3.05) is 4.90 Å². The number of benzene rings is 6. The van der Waals surface area contributed by atoms with Crippen LogP contribution in [-0.2, 0) is 0 Å². The molecule has 1 aliphatic heterocycles. The van der Waals surface area contributed by atoms with Gasteiger partial charge >= 0.3 is 0 Å². The van der Waals surface area contributed by atoms with Gasteiger partial charge in [-0.2, -0.15) is 0 Å². The second-order valence-electron chi connectivity index (χ2n) is 10.7. The predicted octanol–water partition coefficient (Wildman–Crippen LogP) is 10.3. The van der Waals surface area contributed by atoms with E-state index < -0.39 is 0 Å². The first-order chi connectivity index (χ1) is 20.8. The van der Waals surface area contributed by atoms with Gasteiger partial charge in [-0.1, -0.05) is 66.7 Å². The van der Waals surface area contributed by atoms with Crippen molar-refractivity contribution in [1.29, 1.82) is 0 Å². The van der Waals surface area contributed by atoms with Crippen molar-refractivity contribution >= 4 is 49.8 Å². The summed E-state index contributed by atoms with van der Waals surface area (Å²) in [5.41, 5.74) is 9.04. The second kappa shape index (κ2) is 8.88. The van der Waals surface area contributed by atoms with Crippen LogP contribution < -0.4 is 9.64 Å². The molecule has 4 heteroatoms. The number of rotatable bonds is 3. The predicted molar refractivity (Wildman–Crippen MR) is 172 cm³/mol. The van der Waals surface area contributed by atoms with E-state index in [-0.39, 0.29) is 0 Å². The fourth-order valence-electron chi connectivity index (χ4n) is 6.49. The molecular weight excluding hydrogens is 514 g/mol. The SMILES string of the molecule is c1ccc(-n2ccc3c2ccc2c4ccccc4n(-c4ccc(N5c6ccccc6Oc6ccccc65)cc4)c23)cc1. The summed E-state index contributed by atoms with van der Waals surface area (Å²) < 4.78 is 10.9. The van der Waals surface area contributed by atoms with Crippen LogP contribution >= 0.6 is 0 Å². The average Bonchev–Trinajstić information content (AvgIpc) is 3.64. The van der Waals surface area contributed by atoms with Crippen LogP contribution in [0.4, 0.5) is 17.1 Å². The van der Waals surface area contributed by atoms with E-state index in [0.717, 1.165) is 39.9 Å². The Hall–Kier alpha value is -5.74. The van der Waals surface area contributed by atoms with E-state index in [9.17, 15) is 0 Å². The van der Waals surface area contributed by atoms with Gasteiger partial charge in [0.15, 0.2) is 11.5 Å². The lowest BCUT2D eigenvalue weighted by atomic mass is 10.1. The maximum Gasteiger partial charge on any atom is 0.151 e. The smallest absolute Gasteiger partial charge is 0.151 e. The number of aromatic nitrogens is 2. The van der Waals surface area contributed by atoms with Gasteiger partial charge < -0.3 is 18.8 Å². The van der Waals surface area contributed by atoms with Crippen molar-refractivity contribution in [1.82, 2.24) is 9.13 Å². The highest BCUT2D eigenvalue weighted by Crippen LogP contribution is 2.50. The van der Waals surface area contributed by atoms with Gasteiger partial charge in [0.1, 0.15) is 0 Å². The van der Waals surface area contributed by atoms with Gasteiger partial charge in [0.05, 0.1) is 27.9 Å². The zero-order valence-corrected chi connectivity index (χ0v) is 22.7. The molecule has 0 amide bonds. The van der Waals surface area contributed by atoms with E-state index in [1.165, 1.54) is 32.7 Å². The molecule has 0 unspecified atom stereocenters. The third-order valence-electron chi connectivity index (χ3n) is 8.34. The molecular formula is C38H25N3O. The normalized spacial score (nSPS) is 12.4. The number of anilines is 3. The molecule has 0 aliphatic carbocycles. The summed E-state index contributed by atoms with van der Waals surface area (Å²) in [4.78, 5) is 2.28. The highest BCUT2D eigenvalue weighted by molar-refractivity contribution is 6.18. The van der Waals surface area contributed by atoms with Gasteiger partial charge in [0.2, 0.25) is 0 Å². The fourth-order valence-corrected chi connectivity index (χ4v) is 6.49. The summed E-state index contributed by atoms with van der Waals surface area (Å²) in [7, 11) is 0. The topological polar surface area (TPSA) is 22.3 Å². The molecule has 8 aromatic rings. The maximum atomic E-state index is 6.24. The largest absolute Gasteiger partial charge is 0.453 e. The van der Waals surface area contributed by atoms with E-state index in [4.69, 9.17) is 4.74 Å². The van der Waals surface area contributed by atoms with Crippen molar-refractivity contribution in [3.63, 3.8) is 0 Å². The van der Waals surface area contributed by atoms with Crippen LogP contribution in [0.3, 0.4) is 0 Å². The highest BCUT2D eigenvalue weighted by atomic mass is 16.5. The van der Waals surface area contributed by atoms with Crippen molar-refractivity contribution in [2.24, 2.45) is 0 Å². The summed E-state index contributed by atoms with van der Waals surface area (Å²) in [5, 5.41) is 3.73. The van der Waals surface area contributed by atoms with E-state index in [2.05, 4.69) is 142 Å². The molecule has 1 aliphatic rings. The van der Waals surface area contributed by atoms with Gasteiger partial charge in [-0.15, -0.1) is 0 Å². The van der Waals surface area contributed by atoms with E-state index >= 15 is 0 Å². The first-order valence-electron chi connectivity index (χ1n) is 14.2. The second-order valence-corrected chi connectivity index (χ2v) is 10.7. The Morgan fingerprint density at radius 2 is 1.05 bits per heavy atom. The summed E-state index contributed by atoms with van der Waals surface area (Å²) in [6, 6.07) is 51.3. The van der Waals surface area contributed by atoms with Crippen LogP contribution in [0, 0.1) is 0 Å². The molecule has 0 atom stereocenters.